The van der Waals surface area contributed by atoms with Gasteiger partial charge in [0.15, 0.2) is 0 Å². The first-order chi connectivity index (χ1) is 7.51. The lowest BCUT2D eigenvalue weighted by Gasteiger charge is -2.21. The molecule has 86 valence electrons. The Hall–Kier alpha value is -1.10. The van der Waals surface area contributed by atoms with Crippen molar-refractivity contribution in [2.24, 2.45) is 11.1 Å². The summed E-state index contributed by atoms with van der Waals surface area (Å²) in [4.78, 5) is 17.7. The molecular weight excluding hydrogens is 270 g/mol. The lowest BCUT2D eigenvalue weighted by atomic mass is 9.89. The molecule has 1 aromatic rings. The quantitative estimate of drug-likeness (QED) is 0.896. The van der Waals surface area contributed by atoms with Crippen LogP contribution >= 0.6 is 15.9 Å². The zero-order valence-corrected chi connectivity index (χ0v) is 10.7. The van der Waals surface area contributed by atoms with Gasteiger partial charge in [-0.25, -0.2) is 4.98 Å². The monoisotopic (exact) mass is 283 g/mol. The molecule has 0 spiro atoms. The maximum atomic E-state index is 11.3. The van der Waals surface area contributed by atoms with Crippen LogP contribution in [0.3, 0.4) is 0 Å². The smallest absolute Gasteiger partial charge is 0.225 e. The third kappa shape index (κ3) is 2.04. The summed E-state index contributed by atoms with van der Waals surface area (Å²) >= 11 is 3.34. The Labute approximate surface area is 103 Å². The summed E-state index contributed by atoms with van der Waals surface area (Å²) in [5, 5.41) is 0. The van der Waals surface area contributed by atoms with Gasteiger partial charge in [0.25, 0.3) is 0 Å². The van der Waals surface area contributed by atoms with Gasteiger partial charge in [-0.1, -0.05) is 0 Å². The molecule has 2 N–H and O–H groups in total. The average Bonchev–Trinajstić information content (AvgIpc) is 2.63. The average molecular weight is 284 g/mol. The van der Waals surface area contributed by atoms with Gasteiger partial charge in [0.05, 0.1) is 5.41 Å². The number of hydrogen-bond acceptors (Lipinski definition) is 3. The van der Waals surface area contributed by atoms with Crippen molar-refractivity contribution in [1.82, 2.24) is 4.98 Å². The van der Waals surface area contributed by atoms with Gasteiger partial charge in [-0.15, -0.1) is 0 Å². The Morgan fingerprint density at radius 1 is 1.62 bits per heavy atom. The van der Waals surface area contributed by atoms with Crippen molar-refractivity contribution in [3.8, 4) is 0 Å². The van der Waals surface area contributed by atoms with Crippen molar-refractivity contribution >= 4 is 27.7 Å². The minimum atomic E-state index is -0.422. The largest absolute Gasteiger partial charge is 0.369 e. The normalized spacial score (nSPS) is 24.8. The van der Waals surface area contributed by atoms with E-state index < -0.39 is 5.41 Å². The van der Waals surface area contributed by atoms with Gasteiger partial charge in [0, 0.05) is 23.8 Å². The van der Waals surface area contributed by atoms with E-state index in [9.17, 15) is 4.79 Å². The van der Waals surface area contributed by atoms with E-state index in [0.29, 0.717) is 6.54 Å². The van der Waals surface area contributed by atoms with Crippen LogP contribution < -0.4 is 10.6 Å². The van der Waals surface area contributed by atoms with Crippen molar-refractivity contribution in [3.05, 3.63) is 22.8 Å². The topological polar surface area (TPSA) is 59.2 Å². The van der Waals surface area contributed by atoms with Crippen molar-refractivity contribution in [1.29, 1.82) is 0 Å². The lowest BCUT2D eigenvalue weighted by molar-refractivity contribution is -0.125. The lowest BCUT2D eigenvalue weighted by Crippen LogP contribution is -2.37. The minimum Gasteiger partial charge on any atom is -0.369 e. The summed E-state index contributed by atoms with van der Waals surface area (Å²) in [6.07, 6.45) is 2.55. The molecule has 0 aromatic carbocycles. The van der Waals surface area contributed by atoms with E-state index in [1.165, 1.54) is 0 Å². The molecule has 1 aliphatic heterocycles. The standard InChI is InChI=1S/C11H14BrN3O/c1-11(10(13)16)4-5-15(7-11)9-3-2-8(12)6-14-9/h2-3,6H,4-5,7H2,1H3,(H2,13,16). The zero-order valence-electron chi connectivity index (χ0n) is 9.11. The van der Waals surface area contributed by atoms with Crippen LogP contribution in [-0.2, 0) is 4.79 Å². The summed E-state index contributed by atoms with van der Waals surface area (Å²) in [5.41, 5.74) is 4.98. The Morgan fingerprint density at radius 2 is 2.38 bits per heavy atom. The van der Waals surface area contributed by atoms with E-state index in [1.54, 1.807) is 6.20 Å². The summed E-state index contributed by atoms with van der Waals surface area (Å²) in [6.45, 7) is 3.39. The van der Waals surface area contributed by atoms with Gasteiger partial charge in [-0.05, 0) is 41.4 Å². The molecule has 1 atom stereocenters. The van der Waals surface area contributed by atoms with Gasteiger partial charge in [0.1, 0.15) is 5.82 Å². The van der Waals surface area contributed by atoms with Crippen molar-refractivity contribution in [3.63, 3.8) is 0 Å². The summed E-state index contributed by atoms with van der Waals surface area (Å²) in [7, 11) is 0. The number of primary amides is 1. The molecule has 1 fully saturated rings. The van der Waals surface area contributed by atoms with Crippen LogP contribution in [0.5, 0.6) is 0 Å². The van der Waals surface area contributed by atoms with Gasteiger partial charge >= 0.3 is 0 Å². The van der Waals surface area contributed by atoms with E-state index in [4.69, 9.17) is 5.73 Å². The predicted molar refractivity (Wildman–Crippen MR) is 66.1 cm³/mol. The Kier molecular flexibility index (Phi) is 2.88. The number of carbonyl (C=O) groups excluding carboxylic acids is 1. The summed E-state index contributed by atoms with van der Waals surface area (Å²) < 4.78 is 0.952. The van der Waals surface area contributed by atoms with Crippen molar-refractivity contribution in [2.45, 2.75) is 13.3 Å². The number of amides is 1. The summed E-state index contributed by atoms with van der Waals surface area (Å²) in [6, 6.07) is 3.89. The molecule has 2 rings (SSSR count). The zero-order chi connectivity index (χ0) is 11.8. The summed E-state index contributed by atoms with van der Waals surface area (Å²) in [5.74, 6) is 0.667. The first-order valence-corrected chi connectivity index (χ1v) is 5.97. The molecule has 2 heterocycles. The predicted octanol–water partition coefficient (Wildman–Crippen LogP) is 1.55. The van der Waals surface area contributed by atoms with Crippen LogP contribution in [0, 0.1) is 5.41 Å². The minimum absolute atomic E-state index is 0.230. The third-order valence-electron chi connectivity index (χ3n) is 3.10. The highest BCUT2D eigenvalue weighted by Crippen LogP contribution is 2.32. The van der Waals surface area contributed by atoms with Crippen molar-refractivity contribution < 1.29 is 4.79 Å². The van der Waals surface area contributed by atoms with Gasteiger partial charge < -0.3 is 10.6 Å². The SMILES string of the molecule is CC1(C(N)=O)CCN(c2ccc(Br)cn2)C1. The number of halogens is 1. The number of nitrogens with zero attached hydrogens (tertiary/aromatic N) is 2. The number of nitrogens with two attached hydrogens (primary N) is 1. The maximum absolute atomic E-state index is 11.3. The Bertz CT molecular complexity index is 406. The number of anilines is 1. The Balaban J connectivity index is 2.15. The Morgan fingerprint density at radius 3 is 2.88 bits per heavy atom. The number of pyridine rings is 1. The van der Waals surface area contributed by atoms with Crippen LogP contribution in [0.4, 0.5) is 5.82 Å². The molecule has 1 aliphatic rings. The van der Waals surface area contributed by atoms with Crippen LogP contribution in [0.25, 0.3) is 0 Å². The molecule has 16 heavy (non-hydrogen) atoms. The van der Waals surface area contributed by atoms with Crippen LogP contribution in [0.2, 0.25) is 0 Å². The fourth-order valence-electron chi connectivity index (χ4n) is 1.91. The van der Waals surface area contributed by atoms with Crippen molar-refractivity contribution in [2.75, 3.05) is 18.0 Å². The first-order valence-electron chi connectivity index (χ1n) is 5.18. The van der Waals surface area contributed by atoms with E-state index in [2.05, 4.69) is 25.8 Å². The number of rotatable bonds is 2. The molecule has 1 saturated heterocycles. The third-order valence-corrected chi connectivity index (χ3v) is 3.57. The van der Waals surface area contributed by atoms with E-state index in [1.807, 2.05) is 19.1 Å². The second kappa shape index (κ2) is 4.05. The molecule has 0 radical (unpaired) electrons. The molecule has 0 saturated carbocycles. The second-order valence-electron chi connectivity index (χ2n) is 4.43. The molecular formula is C11H14BrN3O. The molecule has 1 aromatic heterocycles. The molecule has 0 bridgehead atoms. The van der Waals surface area contributed by atoms with E-state index in [0.717, 1.165) is 23.3 Å². The maximum Gasteiger partial charge on any atom is 0.225 e. The van der Waals surface area contributed by atoms with Crippen LogP contribution in [0.1, 0.15) is 13.3 Å². The first kappa shape index (κ1) is 11.4. The fourth-order valence-corrected chi connectivity index (χ4v) is 2.15. The molecule has 0 aliphatic carbocycles. The molecule has 5 heteroatoms. The fraction of sp³-hybridized carbons (Fsp3) is 0.455. The number of aromatic nitrogens is 1. The van der Waals surface area contributed by atoms with Crippen LogP contribution in [-0.4, -0.2) is 24.0 Å². The van der Waals surface area contributed by atoms with Gasteiger partial charge in [-0.2, -0.15) is 0 Å². The highest BCUT2D eigenvalue weighted by Gasteiger charge is 2.39. The molecule has 4 nitrogen and oxygen atoms in total. The number of carbonyl (C=O) groups is 1. The number of hydrogen-bond donors (Lipinski definition) is 1. The molecule has 1 amide bonds. The van der Waals surface area contributed by atoms with Gasteiger partial charge in [0.2, 0.25) is 5.91 Å². The highest BCUT2D eigenvalue weighted by molar-refractivity contribution is 9.10. The second-order valence-corrected chi connectivity index (χ2v) is 5.35. The molecule has 1 unspecified atom stereocenters. The van der Waals surface area contributed by atoms with E-state index >= 15 is 0 Å². The van der Waals surface area contributed by atoms with E-state index in [-0.39, 0.29) is 5.91 Å². The highest BCUT2D eigenvalue weighted by atomic mass is 79.9. The van der Waals surface area contributed by atoms with Gasteiger partial charge in [-0.3, -0.25) is 4.79 Å². The van der Waals surface area contributed by atoms with Crippen LogP contribution in [0.15, 0.2) is 22.8 Å².